The molecule has 5 rings (SSSR count). The maximum absolute atomic E-state index is 13.6. The predicted molar refractivity (Wildman–Crippen MR) is 102 cm³/mol. The molecule has 5 fully saturated rings. The summed E-state index contributed by atoms with van der Waals surface area (Å²) in [5.74, 6) is 2.16. The Morgan fingerprint density at radius 2 is 1.70 bits per heavy atom. The summed E-state index contributed by atoms with van der Waals surface area (Å²) in [6, 6.07) is 0. The summed E-state index contributed by atoms with van der Waals surface area (Å²) < 4.78 is 12.1. The Morgan fingerprint density at radius 3 is 2.44 bits per heavy atom. The molecule has 0 aromatic heterocycles. The number of aliphatic hydroxyl groups excluding tert-OH is 1. The molecule has 0 amide bonds. The largest absolute Gasteiger partial charge is 0.393 e. The molecule has 5 aliphatic rings. The molecule has 0 bridgehead atoms. The van der Waals surface area contributed by atoms with Crippen molar-refractivity contribution in [3.05, 3.63) is 0 Å². The molecule has 1 N–H and O–H groups in total. The second-order valence-electron chi connectivity index (χ2n) is 10.9. The van der Waals surface area contributed by atoms with Gasteiger partial charge >= 0.3 is 0 Å². The molecular weight excluding hydrogens is 340 g/mol. The molecule has 152 valence electrons. The first-order valence-corrected chi connectivity index (χ1v) is 11.3. The topological polar surface area (TPSA) is 55.8 Å². The van der Waals surface area contributed by atoms with Gasteiger partial charge < -0.3 is 14.6 Å². The van der Waals surface area contributed by atoms with Crippen molar-refractivity contribution in [3.8, 4) is 0 Å². The highest BCUT2D eigenvalue weighted by atomic mass is 16.7. The van der Waals surface area contributed by atoms with Crippen LogP contribution in [0.25, 0.3) is 0 Å². The molecule has 1 aliphatic heterocycles. The Labute approximate surface area is 163 Å². The third-order valence-corrected chi connectivity index (χ3v) is 9.81. The van der Waals surface area contributed by atoms with Gasteiger partial charge in [0.1, 0.15) is 5.78 Å². The van der Waals surface area contributed by atoms with Crippen molar-refractivity contribution < 1.29 is 19.4 Å². The van der Waals surface area contributed by atoms with Crippen molar-refractivity contribution in [2.75, 3.05) is 13.2 Å². The van der Waals surface area contributed by atoms with Gasteiger partial charge in [-0.1, -0.05) is 13.8 Å². The Morgan fingerprint density at radius 1 is 0.963 bits per heavy atom. The summed E-state index contributed by atoms with van der Waals surface area (Å²) in [7, 11) is 0. The smallest absolute Gasteiger partial charge is 0.169 e. The standard InChI is InChI=1S/C23H36O4/c1-21-9-8-15(24)12-14(21)4-5-16-17-6-7-19(23(3)26-10-11-27-23)22(17,2)13-18(25)20(16)21/h14-17,19-20,24H,4-13H2,1-3H3/t14-,15-,16+,17-,19-,20-,21+,22-/m1/s1. The van der Waals surface area contributed by atoms with Gasteiger partial charge in [0.25, 0.3) is 0 Å². The Hall–Kier alpha value is -0.450. The second-order valence-corrected chi connectivity index (χ2v) is 10.9. The Balaban J connectivity index is 1.47. The highest BCUT2D eigenvalue weighted by Gasteiger charge is 2.66. The molecule has 0 aromatic rings. The number of rotatable bonds is 1. The summed E-state index contributed by atoms with van der Waals surface area (Å²) in [4.78, 5) is 13.6. The van der Waals surface area contributed by atoms with Crippen LogP contribution in [0.3, 0.4) is 0 Å². The molecule has 0 radical (unpaired) electrons. The highest BCUT2D eigenvalue weighted by Crippen LogP contribution is 2.68. The van der Waals surface area contributed by atoms with Crippen LogP contribution in [0.15, 0.2) is 0 Å². The Kier molecular flexibility index (Phi) is 4.14. The number of carbonyl (C=O) groups excluding carboxylic acids is 1. The molecular formula is C23H36O4. The van der Waals surface area contributed by atoms with Crippen LogP contribution in [-0.2, 0) is 14.3 Å². The Bertz CT molecular complexity index is 626. The van der Waals surface area contributed by atoms with Crippen LogP contribution >= 0.6 is 0 Å². The number of ether oxygens (including phenoxy) is 2. The van der Waals surface area contributed by atoms with Crippen LogP contribution in [0.1, 0.15) is 72.1 Å². The minimum absolute atomic E-state index is 0.00865. The number of aliphatic hydroxyl groups is 1. The average molecular weight is 377 g/mol. The number of Topliss-reactive ketones (excluding diaryl/α,β-unsaturated/α-hetero) is 1. The van der Waals surface area contributed by atoms with Gasteiger partial charge in [-0.05, 0) is 80.5 Å². The zero-order valence-corrected chi connectivity index (χ0v) is 17.2. The minimum Gasteiger partial charge on any atom is -0.393 e. The molecule has 0 aromatic carbocycles. The van der Waals surface area contributed by atoms with E-state index >= 15 is 0 Å². The van der Waals surface area contributed by atoms with E-state index in [2.05, 4.69) is 20.8 Å². The molecule has 4 saturated carbocycles. The van der Waals surface area contributed by atoms with Gasteiger partial charge in [0, 0.05) is 18.3 Å². The van der Waals surface area contributed by atoms with E-state index < -0.39 is 5.79 Å². The predicted octanol–water partition coefficient (Wildman–Crippen LogP) is 3.95. The first-order chi connectivity index (χ1) is 12.8. The lowest BCUT2D eigenvalue weighted by molar-refractivity contribution is -0.216. The summed E-state index contributed by atoms with van der Waals surface area (Å²) in [6.45, 7) is 8.19. The minimum atomic E-state index is -0.507. The zero-order valence-electron chi connectivity index (χ0n) is 17.2. The molecule has 4 heteroatoms. The third-order valence-electron chi connectivity index (χ3n) is 9.81. The number of ketones is 1. The van der Waals surface area contributed by atoms with Gasteiger partial charge in [-0.3, -0.25) is 4.79 Å². The van der Waals surface area contributed by atoms with Crippen LogP contribution < -0.4 is 0 Å². The molecule has 8 atom stereocenters. The fourth-order valence-corrected chi connectivity index (χ4v) is 8.64. The van der Waals surface area contributed by atoms with Crippen LogP contribution in [0.5, 0.6) is 0 Å². The quantitative estimate of drug-likeness (QED) is 0.753. The SMILES string of the molecule is CC1([C@@H]2CC[C@@H]3[C@@H]4CC[C@@H]5C[C@H](O)CC[C@]5(C)[C@H]4C(=O)C[C@]32C)OCCO1. The molecule has 4 nitrogen and oxygen atoms in total. The second kappa shape index (κ2) is 6.03. The van der Waals surface area contributed by atoms with Crippen molar-refractivity contribution in [1.82, 2.24) is 0 Å². The van der Waals surface area contributed by atoms with Crippen LogP contribution in [0.2, 0.25) is 0 Å². The normalized spacial score (nSPS) is 54.3. The van der Waals surface area contributed by atoms with E-state index in [4.69, 9.17) is 9.47 Å². The maximum atomic E-state index is 13.6. The summed E-state index contributed by atoms with van der Waals surface area (Å²) in [5.41, 5.74) is 0.109. The van der Waals surface area contributed by atoms with Gasteiger partial charge in [-0.25, -0.2) is 0 Å². The van der Waals surface area contributed by atoms with E-state index in [0.29, 0.717) is 49.1 Å². The zero-order chi connectivity index (χ0) is 19.0. The van der Waals surface area contributed by atoms with E-state index in [9.17, 15) is 9.90 Å². The van der Waals surface area contributed by atoms with Crippen molar-refractivity contribution in [2.45, 2.75) is 84.0 Å². The maximum Gasteiger partial charge on any atom is 0.169 e. The summed E-state index contributed by atoms with van der Waals surface area (Å²) in [6.07, 6.45) is 7.99. The van der Waals surface area contributed by atoms with Gasteiger partial charge in [-0.2, -0.15) is 0 Å². The van der Waals surface area contributed by atoms with Crippen molar-refractivity contribution in [2.24, 2.45) is 40.4 Å². The molecule has 27 heavy (non-hydrogen) atoms. The van der Waals surface area contributed by atoms with E-state index in [-0.39, 0.29) is 22.9 Å². The van der Waals surface area contributed by atoms with Gasteiger partial charge in [0.15, 0.2) is 5.79 Å². The highest BCUT2D eigenvalue weighted by molar-refractivity contribution is 5.84. The van der Waals surface area contributed by atoms with Crippen LogP contribution in [0.4, 0.5) is 0 Å². The van der Waals surface area contributed by atoms with Crippen LogP contribution in [-0.4, -0.2) is 36.0 Å². The summed E-state index contributed by atoms with van der Waals surface area (Å²) >= 11 is 0. The molecule has 4 aliphatic carbocycles. The van der Waals surface area contributed by atoms with E-state index in [1.165, 1.54) is 12.8 Å². The fourth-order valence-electron chi connectivity index (χ4n) is 8.64. The number of hydrogen-bond acceptors (Lipinski definition) is 4. The van der Waals surface area contributed by atoms with Gasteiger partial charge in [-0.15, -0.1) is 0 Å². The third kappa shape index (κ3) is 2.48. The average Bonchev–Trinajstić information content (AvgIpc) is 3.19. The van der Waals surface area contributed by atoms with Gasteiger partial charge in [0.05, 0.1) is 19.3 Å². The van der Waals surface area contributed by atoms with Crippen LogP contribution in [0, 0.1) is 40.4 Å². The molecule has 1 saturated heterocycles. The van der Waals surface area contributed by atoms with Crippen molar-refractivity contribution in [1.29, 1.82) is 0 Å². The molecule has 1 heterocycles. The fraction of sp³-hybridized carbons (Fsp3) is 0.957. The van der Waals surface area contributed by atoms with Gasteiger partial charge in [0.2, 0.25) is 0 Å². The lowest BCUT2D eigenvalue weighted by Gasteiger charge is -2.60. The summed E-state index contributed by atoms with van der Waals surface area (Å²) in [5, 5.41) is 10.2. The van der Waals surface area contributed by atoms with E-state index in [1.807, 2.05) is 0 Å². The number of fused-ring (bicyclic) bond motifs is 5. The first-order valence-electron chi connectivity index (χ1n) is 11.3. The first kappa shape index (κ1) is 18.6. The molecule has 0 spiro atoms. The lowest BCUT2D eigenvalue weighted by Crippen LogP contribution is -2.59. The number of hydrogen-bond donors (Lipinski definition) is 1. The van der Waals surface area contributed by atoms with E-state index in [0.717, 1.165) is 32.1 Å². The number of carbonyl (C=O) groups is 1. The monoisotopic (exact) mass is 376 g/mol. The lowest BCUT2D eigenvalue weighted by atomic mass is 9.44. The molecule has 0 unspecified atom stereocenters. The van der Waals surface area contributed by atoms with E-state index in [1.54, 1.807) is 0 Å². The van der Waals surface area contributed by atoms with Crippen molar-refractivity contribution in [3.63, 3.8) is 0 Å². The van der Waals surface area contributed by atoms with Crippen molar-refractivity contribution >= 4 is 5.78 Å².